The van der Waals surface area contributed by atoms with Crippen LogP contribution in [0.25, 0.3) is 0 Å². The van der Waals surface area contributed by atoms with E-state index < -0.39 is 18.1 Å². The Labute approximate surface area is 125 Å². The highest BCUT2D eigenvalue weighted by Gasteiger charge is 2.43. The van der Waals surface area contributed by atoms with Crippen molar-refractivity contribution in [3.05, 3.63) is 0 Å². The second kappa shape index (κ2) is 8.01. The van der Waals surface area contributed by atoms with Crippen LogP contribution >= 0.6 is 0 Å². The molecule has 124 valence electrons. The molecule has 0 aromatic carbocycles. The van der Waals surface area contributed by atoms with Crippen LogP contribution in [0.3, 0.4) is 0 Å². The van der Waals surface area contributed by atoms with Crippen LogP contribution in [0.1, 0.15) is 52.4 Å². The Morgan fingerprint density at radius 3 is 2.48 bits per heavy atom. The summed E-state index contributed by atoms with van der Waals surface area (Å²) in [7, 11) is 0. The molecule has 21 heavy (non-hydrogen) atoms. The molecule has 1 amide bonds. The molecule has 1 rings (SSSR count). The fraction of sp³-hybridized carbons (Fsp3) is 0.933. The van der Waals surface area contributed by atoms with Gasteiger partial charge in [0.15, 0.2) is 0 Å². The van der Waals surface area contributed by atoms with Crippen molar-refractivity contribution in [2.75, 3.05) is 26.2 Å². The number of alkyl halides is 3. The summed E-state index contributed by atoms with van der Waals surface area (Å²) in [5.41, 5.74) is -0.647. The number of halogens is 3. The Hall–Kier alpha value is -0.780. The topological polar surface area (TPSA) is 32.3 Å². The Bertz CT molecular complexity index is 320. The Morgan fingerprint density at radius 2 is 2.00 bits per heavy atom. The van der Waals surface area contributed by atoms with E-state index in [2.05, 4.69) is 5.32 Å². The molecule has 1 aliphatic rings. The minimum atomic E-state index is -4.33. The lowest BCUT2D eigenvalue weighted by molar-refractivity contribution is -0.169. The second-order valence-corrected chi connectivity index (χ2v) is 6.01. The molecule has 1 aliphatic heterocycles. The Morgan fingerprint density at radius 1 is 1.29 bits per heavy atom. The number of nitrogens with zero attached hydrogens (tertiary/aromatic N) is 1. The van der Waals surface area contributed by atoms with Crippen molar-refractivity contribution >= 4 is 5.91 Å². The minimum Gasteiger partial charge on any atom is -0.333 e. The van der Waals surface area contributed by atoms with Gasteiger partial charge in [0.05, 0.1) is 5.41 Å². The van der Waals surface area contributed by atoms with Crippen molar-refractivity contribution in [1.29, 1.82) is 0 Å². The number of unbranched alkanes of at least 4 members (excludes halogenated alkanes) is 1. The van der Waals surface area contributed by atoms with E-state index in [4.69, 9.17) is 0 Å². The van der Waals surface area contributed by atoms with Crippen LogP contribution in [-0.4, -0.2) is 43.2 Å². The highest BCUT2D eigenvalue weighted by Crippen LogP contribution is 2.34. The van der Waals surface area contributed by atoms with Crippen molar-refractivity contribution in [2.24, 2.45) is 5.41 Å². The molecule has 1 N–H and O–H groups in total. The second-order valence-electron chi connectivity index (χ2n) is 6.01. The predicted octanol–water partition coefficient (Wildman–Crippen LogP) is 3.35. The summed E-state index contributed by atoms with van der Waals surface area (Å²) < 4.78 is 38.3. The standard InChI is InChI=1S/C15H27F3N2O/c1-3-5-10-20(12-15(16,17)18)13(21)14(7-4-2)8-6-9-19-11-14/h19H,3-12H2,1-2H3. The summed E-state index contributed by atoms with van der Waals surface area (Å²) in [5, 5.41) is 3.19. The summed E-state index contributed by atoms with van der Waals surface area (Å²) in [6.07, 6.45) is 0.0456. The fourth-order valence-corrected chi connectivity index (χ4v) is 3.10. The van der Waals surface area contributed by atoms with Crippen LogP contribution in [0, 0.1) is 5.41 Å². The zero-order valence-corrected chi connectivity index (χ0v) is 13.1. The SMILES string of the molecule is CCCCN(CC(F)(F)F)C(=O)C1(CCC)CCCNC1. The molecule has 0 spiro atoms. The van der Waals surface area contributed by atoms with Gasteiger partial charge in [-0.3, -0.25) is 4.79 Å². The number of amides is 1. The first-order valence-corrected chi connectivity index (χ1v) is 7.91. The predicted molar refractivity (Wildman–Crippen MR) is 77.0 cm³/mol. The van der Waals surface area contributed by atoms with Gasteiger partial charge in [-0.2, -0.15) is 13.2 Å². The molecule has 0 saturated carbocycles. The highest BCUT2D eigenvalue weighted by atomic mass is 19.4. The molecular formula is C15H27F3N2O. The van der Waals surface area contributed by atoms with Crippen LogP contribution in [0.5, 0.6) is 0 Å². The molecular weight excluding hydrogens is 281 g/mol. The number of hydrogen-bond donors (Lipinski definition) is 1. The zero-order valence-electron chi connectivity index (χ0n) is 13.1. The number of rotatable bonds is 7. The average Bonchev–Trinajstić information content (AvgIpc) is 2.43. The Kier molecular flexibility index (Phi) is 6.97. The third-order valence-corrected chi connectivity index (χ3v) is 4.09. The first kappa shape index (κ1) is 18.3. The van der Waals surface area contributed by atoms with Gasteiger partial charge in [-0.15, -0.1) is 0 Å². The summed E-state index contributed by atoms with van der Waals surface area (Å²) in [6, 6.07) is 0. The van der Waals surface area contributed by atoms with Crippen LogP contribution in [-0.2, 0) is 4.79 Å². The molecule has 0 aliphatic carbocycles. The van der Waals surface area contributed by atoms with E-state index in [1.54, 1.807) is 0 Å². The quantitative estimate of drug-likeness (QED) is 0.782. The first-order chi connectivity index (χ1) is 9.84. The van der Waals surface area contributed by atoms with E-state index in [0.717, 1.165) is 30.7 Å². The largest absolute Gasteiger partial charge is 0.406 e. The lowest BCUT2D eigenvalue weighted by atomic mass is 9.75. The van der Waals surface area contributed by atoms with Crippen molar-refractivity contribution in [3.63, 3.8) is 0 Å². The van der Waals surface area contributed by atoms with Gasteiger partial charge < -0.3 is 10.2 Å². The van der Waals surface area contributed by atoms with Crippen LogP contribution in [0.15, 0.2) is 0 Å². The summed E-state index contributed by atoms with van der Waals surface area (Å²) in [5.74, 6) is -0.317. The number of hydrogen-bond acceptors (Lipinski definition) is 2. The van der Waals surface area contributed by atoms with E-state index in [-0.39, 0.29) is 12.5 Å². The van der Waals surface area contributed by atoms with Crippen molar-refractivity contribution in [2.45, 2.75) is 58.5 Å². The van der Waals surface area contributed by atoms with Crippen LogP contribution in [0.4, 0.5) is 13.2 Å². The highest BCUT2D eigenvalue weighted by molar-refractivity contribution is 5.83. The van der Waals surface area contributed by atoms with Crippen molar-refractivity contribution in [1.82, 2.24) is 10.2 Å². The smallest absolute Gasteiger partial charge is 0.333 e. The molecule has 0 bridgehead atoms. The van der Waals surface area contributed by atoms with Gasteiger partial charge in [-0.05, 0) is 32.2 Å². The van der Waals surface area contributed by atoms with Gasteiger partial charge in [-0.25, -0.2) is 0 Å². The summed E-state index contributed by atoms with van der Waals surface area (Å²) >= 11 is 0. The van der Waals surface area contributed by atoms with E-state index in [1.807, 2.05) is 13.8 Å². The lowest BCUT2D eigenvalue weighted by Crippen LogP contribution is -2.53. The molecule has 0 aromatic heterocycles. The van der Waals surface area contributed by atoms with Gasteiger partial charge in [0.25, 0.3) is 0 Å². The number of carbonyl (C=O) groups is 1. The average molecular weight is 308 g/mol. The van der Waals surface area contributed by atoms with Gasteiger partial charge in [-0.1, -0.05) is 26.7 Å². The third kappa shape index (κ3) is 5.49. The number of nitrogens with one attached hydrogen (secondary N) is 1. The third-order valence-electron chi connectivity index (χ3n) is 4.09. The van der Waals surface area contributed by atoms with Gasteiger partial charge >= 0.3 is 6.18 Å². The maximum atomic E-state index is 12.8. The molecule has 1 fully saturated rings. The van der Waals surface area contributed by atoms with Gasteiger partial charge in [0.1, 0.15) is 6.54 Å². The van der Waals surface area contributed by atoms with Gasteiger partial charge in [0.2, 0.25) is 5.91 Å². The van der Waals surface area contributed by atoms with Crippen molar-refractivity contribution in [3.8, 4) is 0 Å². The number of piperidine rings is 1. The molecule has 1 atom stereocenters. The Balaban J connectivity index is 2.88. The fourth-order valence-electron chi connectivity index (χ4n) is 3.10. The molecule has 0 radical (unpaired) electrons. The maximum absolute atomic E-state index is 12.8. The van der Waals surface area contributed by atoms with E-state index >= 15 is 0 Å². The monoisotopic (exact) mass is 308 g/mol. The molecule has 1 unspecified atom stereocenters. The molecule has 1 heterocycles. The molecule has 6 heteroatoms. The summed E-state index contributed by atoms with van der Waals surface area (Å²) in [6.45, 7) is 4.30. The van der Waals surface area contributed by atoms with Crippen LogP contribution < -0.4 is 5.32 Å². The molecule has 0 aromatic rings. The summed E-state index contributed by atoms with van der Waals surface area (Å²) in [4.78, 5) is 13.8. The number of carbonyl (C=O) groups excluding carboxylic acids is 1. The molecule has 3 nitrogen and oxygen atoms in total. The normalized spacial score (nSPS) is 23.1. The zero-order chi connectivity index (χ0) is 15.9. The van der Waals surface area contributed by atoms with Crippen molar-refractivity contribution < 1.29 is 18.0 Å². The van der Waals surface area contributed by atoms with Gasteiger partial charge in [0, 0.05) is 13.1 Å². The first-order valence-electron chi connectivity index (χ1n) is 7.91. The maximum Gasteiger partial charge on any atom is 0.406 e. The minimum absolute atomic E-state index is 0.195. The lowest BCUT2D eigenvalue weighted by Gasteiger charge is -2.40. The van der Waals surface area contributed by atoms with Crippen LogP contribution in [0.2, 0.25) is 0 Å². The van der Waals surface area contributed by atoms with E-state index in [0.29, 0.717) is 25.8 Å². The van der Waals surface area contributed by atoms with E-state index in [1.165, 1.54) is 0 Å². The van der Waals surface area contributed by atoms with E-state index in [9.17, 15) is 18.0 Å². The molecule has 1 saturated heterocycles.